The fraction of sp³-hybridized carbons (Fsp3) is 0.348. The monoisotopic (exact) mass is 501 g/mol. The number of hydrogen-bond donors (Lipinski definition) is 2. The molecule has 1 saturated heterocycles. The van der Waals surface area contributed by atoms with Gasteiger partial charge in [-0.2, -0.15) is 18.2 Å². The summed E-state index contributed by atoms with van der Waals surface area (Å²) in [4.78, 5) is 33.9. The molecule has 3 aromatic rings. The largest absolute Gasteiger partial charge is 0.477 e. The van der Waals surface area contributed by atoms with E-state index in [1.54, 1.807) is 0 Å². The Hall–Kier alpha value is -4.00. The van der Waals surface area contributed by atoms with Gasteiger partial charge in [-0.15, -0.1) is 0 Å². The fourth-order valence-corrected chi connectivity index (χ4v) is 4.23. The van der Waals surface area contributed by atoms with Gasteiger partial charge in [0.05, 0.1) is 30.1 Å². The molecule has 0 spiro atoms. The van der Waals surface area contributed by atoms with Crippen LogP contribution in [0.2, 0.25) is 0 Å². The molecule has 2 N–H and O–H groups in total. The molecule has 1 unspecified atom stereocenters. The highest BCUT2D eigenvalue weighted by Gasteiger charge is 2.41. The van der Waals surface area contributed by atoms with E-state index >= 15 is 0 Å². The van der Waals surface area contributed by atoms with E-state index in [1.165, 1.54) is 35.5 Å². The van der Waals surface area contributed by atoms with Gasteiger partial charge < -0.3 is 14.7 Å². The number of benzene rings is 1. The Bertz CT molecular complexity index is 1270. The molecule has 1 fully saturated rings. The molecule has 1 aromatic carbocycles. The number of carbonyl (C=O) groups is 1. The lowest BCUT2D eigenvalue weighted by molar-refractivity contribution is -0.137. The zero-order chi connectivity index (χ0) is 25.3. The first-order valence-electron chi connectivity index (χ1n) is 11.3. The summed E-state index contributed by atoms with van der Waals surface area (Å²) in [7, 11) is 0. The van der Waals surface area contributed by atoms with Crippen molar-refractivity contribution in [2.45, 2.75) is 25.1 Å². The van der Waals surface area contributed by atoms with Crippen LogP contribution in [0, 0.1) is 0 Å². The van der Waals surface area contributed by atoms with Crippen molar-refractivity contribution in [3.05, 3.63) is 48.3 Å². The molecule has 2 bridgehead atoms. The minimum atomic E-state index is -4.50. The molecular weight excluding hydrogens is 479 g/mol. The van der Waals surface area contributed by atoms with Crippen molar-refractivity contribution in [1.82, 2.24) is 19.9 Å². The van der Waals surface area contributed by atoms with Crippen molar-refractivity contribution >= 4 is 23.5 Å². The van der Waals surface area contributed by atoms with Gasteiger partial charge in [0.2, 0.25) is 11.8 Å². The van der Waals surface area contributed by atoms with E-state index in [9.17, 15) is 18.0 Å². The minimum Gasteiger partial charge on any atom is -0.477 e. The van der Waals surface area contributed by atoms with Gasteiger partial charge in [0.1, 0.15) is 0 Å². The topological polar surface area (TPSA) is 117 Å². The third-order valence-corrected chi connectivity index (χ3v) is 5.92. The summed E-state index contributed by atoms with van der Waals surface area (Å²) >= 11 is 0. The van der Waals surface area contributed by atoms with Crippen LogP contribution in [-0.2, 0) is 6.18 Å². The van der Waals surface area contributed by atoms with E-state index < -0.39 is 17.8 Å². The highest BCUT2D eigenvalue weighted by atomic mass is 19.4. The number of hydrogen-bond acceptors (Lipinski definition) is 8. The summed E-state index contributed by atoms with van der Waals surface area (Å²) in [6, 6.07) is 5.58. The lowest BCUT2D eigenvalue weighted by atomic mass is 10.1. The molecule has 13 heteroatoms. The normalized spacial score (nSPS) is 16.6. The number of nitrogens with zero attached hydrogens (tertiary/aromatic N) is 6. The van der Waals surface area contributed by atoms with E-state index in [-0.39, 0.29) is 42.5 Å². The second kappa shape index (κ2) is 9.57. The molecule has 5 rings (SSSR count). The molecular formula is C23H22F3N7O3. The maximum absolute atomic E-state index is 13.4. The van der Waals surface area contributed by atoms with E-state index in [4.69, 9.17) is 9.84 Å². The van der Waals surface area contributed by atoms with Crippen LogP contribution in [0.25, 0.3) is 11.4 Å². The number of aliphatic hydroxyl groups is 1. The maximum Gasteiger partial charge on any atom is 0.416 e. The van der Waals surface area contributed by atoms with Gasteiger partial charge in [0.25, 0.3) is 0 Å². The van der Waals surface area contributed by atoms with Crippen LogP contribution in [0.15, 0.2) is 42.7 Å². The Balaban J connectivity index is 1.44. The number of anilines is 3. The average Bonchev–Trinajstić information content (AvgIpc) is 3.28. The number of fused-ring (bicyclic) bond motifs is 4. The van der Waals surface area contributed by atoms with E-state index in [0.29, 0.717) is 37.4 Å². The molecule has 2 amide bonds. The van der Waals surface area contributed by atoms with Crippen LogP contribution in [0.1, 0.15) is 18.4 Å². The van der Waals surface area contributed by atoms with Crippen LogP contribution in [0.3, 0.4) is 0 Å². The summed E-state index contributed by atoms with van der Waals surface area (Å²) in [6.45, 7) is 1.51. The summed E-state index contributed by atoms with van der Waals surface area (Å²) in [5.41, 5.74) is 0.00609. The second-order valence-corrected chi connectivity index (χ2v) is 8.31. The Kier molecular flexibility index (Phi) is 6.31. The standard InChI is InChI=1S/C23H22F3N7O3/c24-23(25,26)15-4-1-3-14(11-15)19-28-12-17-20(30-19)33(16-6-8-32(17)13-16)22(35)31-21-27-7-5-18(29-21)36-10-2-9-34/h1,3-5,7,11-12,16,34H,2,6,8-10,13H2,(H,27,29,31,35). The number of ether oxygens (including phenoxy) is 1. The SMILES string of the molecule is O=C(Nc1nccc(OCCCO)n1)N1c2nc(-c3cccc(C(F)(F)F)c3)ncc2N2CCC1C2. The van der Waals surface area contributed by atoms with Gasteiger partial charge in [-0.05, 0) is 18.6 Å². The lowest BCUT2D eigenvalue weighted by Crippen LogP contribution is -2.48. The summed E-state index contributed by atoms with van der Waals surface area (Å²) in [6.07, 6.45) is -0.411. The zero-order valence-electron chi connectivity index (χ0n) is 18.9. The molecule has 36 heavy (non-hydrogen) atoms. The molecule has 0 saturated carbocycles. The van der Waals surface area contributed by atoms with E-state index in [0.717, 1.165) is 12.1 Å². The number of aromatic nitrogens is 4. The average molecular weight is 501 g/mol. The van der Waals surface area contributed by atoms with Gasteiger partial charge in [0.15, 0.2) is 11.6 Å². The zero-order valence-corrected chi connectivity index (χ0v) is 18.9. The van der Waals surface area contributed by atoms with E-state index in [1.807, 2.05) is 4.90 Å². The number of halogens is 3. The number of carbonyl (C=O) groups excluding carboxylic acids is 1. The molecule has 2 aliphatic heterocycles. The van der Waals surface area contributed by atoms with Gasteiger partial charge in [0, 0.05) is 43.9 Å². The predicted octanol–water partition coefficient (Wildman–Crippen LogP) is 3.34. The lowest BCUT2D eigenvalue weighted by Gasteiger charge is -2.35. The summed E-state index contributed by atoms with van der Waals surface area (Å²) in [5, 5.41) is 11.6. The van der Waals surface area contributed by atoms with Crippen molar-refractivity contribution in [3.8, 4) is 17.3 Å². The van der Waals surface area contributed by atoms with Gasteiger partial charge >= 0.3 is 12.2 Å². The first-order chi connectivity index (χ1) is 17.3. The number of nitrogens with one attached hydrogen (secondary N) is 1. The Labute approximate surface area is 203 Å². The quantitative estimate of drug-likeness (QED) is 0.494. The maximum atomic E-state index is 13.4. The van der Waals surface area contributed by atoms with Crippen molar-refractivity contribution < 1.29 is 27.8 Å². The molecule has 0 aliphatic carbocycles. The third-order valence-electron chi connectivity index (χ3n) is 5.92. The second-order valence-electron chi connectivity index (χ2n) is 8.31. The first-order valence-corrected chi connectivity index (χ1v) is 11.3. The number of aliphatic hydroxyl groups excluding tert-OH is 1. The summed E-state index contributed by atoms with van der Waals surface area (Å²) in [5.74, 6) is 0.652. The molecule has 4 heterocycles. The van der Waals surface area contributed by atoms with E-state index in [2.05, 4.69) is 25.3 Å². The van der Waals surface area contributed by atoms with Crippen LogP contribution < -0.4 is 19.9 Å². The number of urea groups is 1. The minimum absolute atomic E-state index is 0.0220. The fourth-order valence-electron chi connectivity index (χ4n) is 4.23. The Morgan fingerprint density at radius 3 is 2.89 bits per heavy atom. The molecule has 1 atom stereocenters. The third kappa shape index (κ3) is 4.73. The molecule has 2 aromatic heterocycles. The smallest absolute Gasteiger partial charge is 0.416 e. The summed E-state index contributed by atoms with van der Waals surface area (Å²) < 4.78 is 45.1. The molecule has 10 nitrogen and oxygen atoms in total. The van der Waals surface area contributed by atoms with Crippen molar-refractivity contribution in [1.29, 1.82) is 0 Å². The number of alkyl halides is 3. The van der Waals surface area contributed by atoms with Crippen molar-refractivity contribution in [2.24, 2.45) is 0 Å². The van der Waals surface area contributed by atoms with Crippen LogP contribution in [0.5, 0.6) is 5.88 Å². The highest BCUT2D eigenvalue weighted by Crippen LogP contribution is 2.40. The van der Waals surface area contributed by atoms with Gasteiger partial charge in [-0.25, -0.2) is 19.7 Å². The Morgan fingerprint density at radius 2 is 2.08 bits per heavy atom. The van der Waals surface area contributed by atoms with Gasteiger partial charge in [-0.3, -0.25) is 10.2 Å². The highest BCUT2D eigenvalue weighted by molar-refractivity contribution is 6.03. The van der Waals surface area contributed by atoms with Crippen LogP contribution in [-0.4, -0.2) is 63.4 Å². The number of amides is 2. The van der Waals surface area contributed by atoms with Crippen molar-refractivity contribution in [2.75, 3.05) is 41.4 Å². The molecule has 2 aliphatic rings. The first kappa shape index (κ1) is 23.7. The molecule has 188 valence electrons. The van der Waals surface area contributed by atoms with Crippen LogP contribution >= 0.6 is 0 Å². The van der Waals surface area contributed by atoms with Crippen molar-refractivity contribution in [3.63, 3.8) is 0 Å². The Morgan fingerprint density at radius 1 is 1.22 bits per heavy atom. The predicted molar refractivity (Wildman–Crippen MR) is 124 cm³/mol. The number of rotatable bonds is 6. The van der Waals surface area contributed by atoms with Gasteiger partial charge in [-0.1, -0.05) is 12.1 Å². The molecule has 0 radical (unpaired) electrons. The van der Waals surface area contributed by atoms with Crippen LogP contribution in [0.4, 0.5) is 35.4 Å².